The standard InChI is InChI=1S/C26H34N4O6/c1-3-35-24(33)26-15-18(26)8-6-4-5-7-13-29(2)25(34)30-16-20(14-21(30)22(31)28-26)36-23(32)17-9-11-19(27)12-10-17/h6,8-12,18,20-21H,3-5,7,13-16,27H2,1-2H3,(H,28,31)/b8-6-/t18-,20+,21+,26-/m1/s1. The number of urea groups is 1. The number of ether oxygens (including phenoxy) is 2. The second kappa shape index (κ2) is 10.6. The molecule has 0 spiro atoms. The normalized spacial score (nSPS) is 29.3. The van der Waals surface area contributed by atoms with E-state index in [4.69, 9.17) is 15.2 Å². The molecule has 4 rings (SSSR count). The Hall–Kier alpha value is -3.56. The number of nitrogen functional groups attached to an aromatic ring is 1. The zero-order valence-electron chi connectivity index (χ0n) is 20.8. The lowest BCUT2D eigenvalue weighted by molar-refractivity contribution is -0.149. The molecule has 1 saturated heterocycles. The monoisotopic (exact) mass is 498 g/mol. The van der Waals surface area contributed by atoms with Gasteiger partial charge in [0.2, 0.25) is 5.91 Å². The van der Waals surface area contributed by atoms with Crippen LogP contribution in [0.15, 0.2) is 36.4 Å². The number of nitrogens with zero attached hydrogens (tertiary/aromatic N) is 2. The molecule has 3 aliphatic rings. The molecular formula is C26H34N4O6. The predicted molar refractivity (Wildman–Crippen MR) is 132 cm³/mol. The molecule has 194 valence electrons. The van der Waals surface area contributed by atoms with Gasteiger partial charge in [-0.25, -0.2) is 14.4 Å². The first kappa shape index (κ1) is 25.5. The number of esters is 2. The predicted octanol–water partition coefficient (Wildman–Crippen LogP) is 2.10. The lowest BCUT2D eigenvalue weighted by Crippen LogP contribution is -2.55. The van der Waals surface area contributed by atoms with Gasteiger partial charge in [-0.15, -0.1) is 0 Å². The third-order valence-electron chi connectivity index (χ3n) is 7.04. The maximum atomic E-state index is 13.5. The summed E-state index contributed by atoms with van der Waals surface area (Å²) in [5.41, 5.74) is 5.42. The van der Waals surface area contributed by atoms with Crippen LogP contribution in [0.4, 0.5) is 10.5 Å². The number of carbonyl (C=O) groups excluding carboxylic acids is 4. The average molecular weight is 499 g/mol. The molecule has 0 unspecified atom stereocenters. The summed E-state index contributed by atoms with van der Waals surface area (Å²) in [7, 11) is 1.70. The topological polar surface area (TPSA) is 131 Å². The van der Waals surface area contributed by atoms with Gasteiger partial charge in [-0.1, -0.05) is 12.2 Å². The Morgan fingerprint density at radius 1 is 1.19 bits per heavy atom. The molecule has 3 N–H and O–H groups in total. The Bertz CT molecular complexity index is 1040. The smallest absolute Gasteiger partial charge is 0.338 e. The molecule has 2 fully saturated rings. The van der Waals surface area contributed by atoms with Gasteiger partial charge in [0.05, 0.1) is 18.7 Å². The SMILES string of the molecule is CCOC(=O)[C@@]12C[C@H]1/C=C\CCCCN(C)C(=O)N1C[C@@H](OC(=O)c3ccc(N)cc3)C[C@H]1C(=O)N2. The molecule has 0 bridgehead atoms. The summed E-state index contributed by atoms with van der Waals surface area (Å²) in [6.07, 6.45) is 6.43. The van der Waals surface area contributed by atoms with Gasteiger partial charge in [0.25, 0.3) is 0 Å². The molecule has 2 aliphatic heterocycles. The van der Waals surface area contributed by atoms with Crippen molar-refractivity contribution in [3.63, 3.8) is 0 Å². The molecule has 10 nitrogen and oxygen atoms in total. The van der Waals surface area contributed by atoms with E-state index in [1.807, 2.05) is 12.2 Å². The Kier molecular flexibility index (Phi) is 7.51. The lowest BCUT2D eigenvalue weighted by atomic mass is 10.1. The van der Waals surface area contributed by atoms with Crippen molar-refractivity contribution in [3.05, 3.63) is 42.0 Å². The second-order valence-electron chi connectivity index (χ2n) is 9.67. The van der Waals surface area contributed by atoms with E-state index in [0.717, 1.165) is 19.3 Å². The maximum absolute atomic E-state index is 13.5. The van der Waals surface area contributed by atoms with Crippen LogP contribution in [0.3, 0.4) is 0 Å². The highest BCUT2D eigenvalue weighted by Gasteiger charge is 2.62. The van der Waals surface area contributed by atoms with E-state index >= 15 is 0 Å². The first-order valence-electron chi connectivity index (χ1n) is 12.5. The van der Waals surface area contributed by atoms with Crippen LogP contribution in [0.25, 0.3) is 0 Å². The number of fused-ring (bicyclic) bond motifs is 2. The van der Waals surface area contributed by atoms with E-state index in [-0.39, 0.29) is 31.5 Å². The number of hydrogen-bond acceptors (Lipinski definition) is 7. The molecule has 3 amide bonds. The minimum atomic E-state index is -1.13. The molecule has 10 heteroatoms. The summed E-state index contributed by atoms with van der Waals surface area (Å²) in [5.74, 6) is -1.64. The highest BCUT2D eigenvalue weighted by molar-refractivity contribution is 5.95. The maximum Gasteiger partial charge on any atom is 0.338 e. The number of allylic oxidation sites excluding steroid dienone is 1. The Labute approximate surface area is 210 Å². The van der Waals surface area contributed by atoms with E-state index in [2.05, 4.69) is 5.32 Å². The fourth-order valence-electron chi connectivity index (χ4n) is 4.88. The van der Waals surface area contributed by atoms with Crippen molar-refractivity contribution in [2.24, 2.45) is 5.92 Å². The fraction of sp³-hybridized carbons (Fsp3) is 0.538. The van der Waals surface area contributed by atoms with E-state index in [1.165, 1.54) is 4.90 Å². The van der Waals surface area contributed by atoms with E-state index < -0.39 is 35.5 Å². The molecular weight excluding hydrogens is 464 g/mol. The summed E-state index contributed by atoms with van der Waals surface area (Å²) in [5, 5.41) is 2.89. The molecule has 1 aromatic rings. The first-order valence-corrected chi connectivity index (χ1v) is 12.5. The Morgan fingerprint density at radius 2 is 1.94 bits per heavy atom. The molecule has 1 saturated carbocycles. The highest BCUT2D eigenvalue weighted by atomic mass is 16.5. The van der Waals surface area contributed by atoms with E-state index in [0.29, 0.717) is 24.2 Å². The molecule has 2 heterocycles. The number of benzene rings is 1. The van der Waals surface area contributed by atoms with Crippen molar-refractivity contribution in [1.82, 2.24) is 15.1 Å². The van der Waals surface area contributed by atoms with Crippen LogP contribution in [0.5, 0.6) is 0 Å². The van der Waals surface area contributed by atoms with Crippen molar-refractivity contribution in [1.29, 1.82) is 0 Å². The van der Waals surface area contributed by atoms with Crippen molar-refractivity contribution >= 4 is 29.6 Å². The van der Waals surface area contributed by atoms with Gasteiger partial charge < -0.3 is 30.3 Å². The largest absolute Gasteiger partial charge is 0.464 e. The number of hydrogen-bond donors (Lipinski definition) is 2. The highest BCUT2D eigenvalue weighted by Crippen LogP contribution is 2.46. The molecule has 1 aromatic carbocycles. The van der Waals surface area contributed by atoms with Crippen LogP contribution < -0.4 is 11.1 Å². The van der Waals surface area contributed by atoms with Gasteiger partial charge >= 0.3 is 18.0 Å². The lowest BCUT2D eigenvalue weighted by Gasteiger charge is -2.30. The van der Waals surface area contributed by atoms with Crippen molar-refractivity contribution < 1.29 is 28.7 Å². The second-order valence-corrected chi connectivity index (χ2v) is 9.67. The summed E-state index contributed by atoms with van der Waals surface area (Å²) < 4.78 is 10.9. The molecule has 0 radical (unpaired) electrons. The van der Waals surface area contributed by atoms with Crippen LogP contribution in [-0.4, -0.2) is 78.1 Å². The molecule has 0 aromatic heterocycles. The number of nitrogens with one attached hydrogen (secondary N) is 1. The minimum absolute atomic E-state index is 0.0811. The third-order valence-corrected chi connectivity index (χ3v) is 7.04. The molecule has 36 heavy (non-hydrogen) atoms. The number of rotatable bonds is 4. The Morgan fingerprint density at radius 3 is 2.67 bits per heavy atom. The van der Waals surface area contributed by atoms with Gasteiger partial charge in [0.15, 0.2) is 0 Å². The van der Waals surface area contributed by atoms with Crippen LogP contribution in [0.1, 0.15) is 49.4 Å². The average Bonchev–Trinajstić information content (AvgIpc) is 3.38. The number of nitrogens with two attached hydrogens (primary N) is 1. The first-order chi connectivity index (χ1) is 17.2. The molecule has 4 atom stereocenters. The number of anilines is 1. The van der Waals surface area contributed by atoms with Gasteiger partial charge in [-0.3, -0.25) is 4.79 Å². The van der Waals surface area contributed by atoms with Crippen LogP contribution in [-0.2, 0) is 19.1 Å². The van der Waals surface area contributed by atoms with Gasteiger partial charge in [0, 0.05) is 31.6 Å². The van der Waals surface area contributed by atoms with E-state index in [1.54, 1.807) is 43.1 Å². The minimum Gasteiger partial charge on any atom is -0.464 e. The van der Waals surface area contributed by atoms with Crippen molar-refractivity contribution in [2.75, 3.05) is 32.5 Å². The summed E-state index contributed by atoms with van der Waals surface area (Å²) in [4.78, 5) is 55.3. The van der Waals surface area contributed by atoms with Gasteiger partial charge in [0.1, 0.15) is 17.7 Å². The quantitative estimate of drug-likeness (QED) is 0.369. The number of amides is 3. The van der Waals surface area contributed by atoms with Crippen LogP contribution in [0, 0.1) is 5.92 Å². The fourth-order valence-corrected chi connectivity index (χ4v) is 4.88. The zero-order valence-corrected chi connectivity index (χ0v) is 20.8. The summed E-state index contributed by atoms with van der Waals surface area (Å²) >= 11 is 0. The summed E-state index contributed by atoms with van der Waals surface area (Å²) in [6.45, 7) is 2.55. The third kappa shape index (κ3) is 5.32. The summed E-state index contributed by atoms with van der Waals surface area (Å²) in [6, 6.07) is 5.15. The Balaban J connectivity index is 1.55. The van der Waals surface area contributed by atoms with Crippen molar-refractivity contribution in [3.8, 4) is 0 Å². The number of carbonyl (C=O) groups is 4. The van der Waals surface area contributed by atoms with Crippen molar-refractivity contribution in [2.45, 2.75) is 56.7 Å². The van der Waals surface area contributed by atoms with Crippen LogP contribution in [0.2, 0.25) is 0 Å². The molecule has 1 aliphatic carbocycles. The van der Waals surface area contributed by atoms with Crippen LogP contribution >= 0.6 is 0 Å². The van der Waals surface area contributed by atoms with E-state index in [9.17, 15) is 19.2 Å². The zero-order chi connectivity index (χ0) is 25.9. The van der Waals surface area contributed by atoms with Gasteiger partial charge in [-0.2, -0.15) is 0 Å². The van der Waals surface area contributed by atoms with Gasteiger partial charge in [-0.05, 0) is 56.9 Å².